The molecule has 6 nitrogen and oxygen atoms in total. The second kappa shape index (κ2) is 6.80. The number of allylic oxidation sites excluding steroid dienone is 1. The fourth-order valence-corrected chi connectivity index (χ4v) is 2.57. The lowest BCUT2D eigenvalue weighted by molar-refractivity contribution is -0.138. The number of aliphatic hydroxyl groups is 1. The Labute approximate surface area is 136 Å². The highest BCUT2D eigenvalue weighted by atomic mass is 19.4. The zero-order valence-corrected chi connectivity index (χ0v) is 13.2. The lowest BCUT2D eigenvalue weighted by Crippen LogP contribution is -2.58. The maximum atomic E-state index is 12.9. The van der Waals surface area contributed by atoms with Gasteiger partial charge < -0.3 is 14.7 Å². The van der Waals surface area contributed by atoms with Crippen LogP contribution in [0.15, 0.2) is 35.5 Å². The van der Waals surface area contributed by atoms with E-state index in [2.05, 4.69) is 0 Å². The van der Waals surface area contributed by atoms with Gasteiger partial charge in [0.05, 0.1) is 25.0 Å². The van der Waals surface area contributed by atoms with Gasteiger partial charge in [-0.3, -0.25) is 5.73 Å². The van der Waals surface area contributed by atoms with Crippen LogP contribution in [0, 0.1) is 0 Å². The fraction of sp³-hybridized carbons (Fsp3) is 0.400. The molecule has 1 aliphatic heterocycles. The van der Waals surface area contributed by atoms with Gasteiger partial charge in [-0.2, -0.15) is 13.2 Å². The summed E-state index contributed by atoms with van der Waals surface area (Å²) in [5.41, 5.74) is 5.96. The molecule has 0 radical (unpaired) electrons. The standard InChI is InChI=1S/C15H18F3N3O3/c1-9-12(13(23)24-2)7-20(8-22)14(19)21(9)11-5-3-4-10(6-11)15(16,17)18/h3-6,14,22H,7-8,19H2,1-2H3. The molecular weight excluding hydrogens is 327 g/mol. The van der Waals surface area contributed by atoms with Gasteiger partial charge in [-0.1, -0.05) is 6.07 Å². The summed E-state index contributed by atoms with van der Waals surface area (Å²) in [5, 5.41) is 9.43. The highest BCUT2D eigenvalue weighted by molar-refractivity contribution is 5.91. The monoisotopic (exact) mass is 345 g/mol. The van der Waals surface area contributed by atoms with Crippen LogP contribution in [-0.4, -0.2) is 42.7 Å². The molecule has 1 aliphatic rings. The second-order valence-electron chi connectivity index (χ2n) is 5.28. The summed E-state index contributed by atoms with van der Waals surface area (Å²) < 4.78 is 43.5. The summed E-state index contributed by atoms with van der Waals surface area (Å²) >= 11 is 0. The molecule has 1 aromatic carbocycles. The molecule has 0 bridgehead atoms. The normalized spacial score (nSPS) is 19.6. The van der Waals surface area contributed by atoms with Crippen LogP contribution in [0.25, 0.3) is 0 Å². The molecule has 0 aromatic heterocycles. The number of carbonyl (C=O) groups excluding carboxylic acids is 1. The van der Waals surface area contributed by atoms with E-state index in [-0.39, 0.29) is 17.8 Å². The summed E-state index contributed by atoms with van der Waals surface area (Å²) in [6.07, 6.45) is -5.43. The SMILES string of the molecule is COC(=O)C1=C(C)N(c2cccc(C(F)(F)F)c2)C(N)N(CO)C1. The van der Waals surface area contributed by atoms with E-state index in [9.17, 15) is 23.1 Å². The fourth-order valence-electron chi connectivity index (χ4n) is 2.57. The summed E-state index contributed by atoms with van der Waals surface area (Å²) in [6.45, 7) is 1.14. The summed E-state index contributed by atoms with van der Waals surface area (Å²) in [5.74, 6) is -0.630. The molecule has 0 saturated carbocycles. The first-order chi connectivity index (χ1) is 11.2. The van der Waals surface area contributed by atoms with Crippen molar-refractivity contribution in [1.29, 1.82) is 0 Å². The first-order valence-electron chi connectivity index (χ1n) is 7.05. The van der Waals surface area contributed by atoms with Crippen molar-refractivity contribution >= 4 is 11.7 Å². The molecule has 0 spiro atoms. The Kier molecular flexibility index (Phi) is 5.16. The number of rotatable bonds is 3. The first-order valence-corrected chi connectivity index (χ1v) is 7.05. The van der Waals surface area contributed by atoms with Crippen LogP contribution in [-0.2, 0) is 15.7 Å². The average molecular weight is 345 g/mol. The van der Waals surface area contributed by atoms with Crippen LogP contribution in [0.4, 0.5) is 18.9 Å². The number of hydrogen-bond donors (Lipinski definition) is 2. The molecule has 3 N–H and O–H groups in total. The van der Waals surface area contributed by atoms with Gasteiger partial charge in [-0.05, 0) is 25.1 Å². The van der Waals surface area contributed by atoms with Gasteiger partial charge in [0, 0.05) is 17.9 Å². The van der Waals surface area contributed by atoms with E-state index in [4.69, 9.17) is 10.5 Å². The molecule has 9 heteroatoms. The quantitative estimate of drug-likeness (QED) is 0.808. The molecular formula is C15H18F3N3O3. The van der Waals surface area contributed by atoms with E-state index in [1.165, 1.54) is 29.0 Å². The molecule has 1 atom stereocenters. The van der Waals surface area contributed by atoms with Crippen molar-refractivity contribution in [3.05, 3.63) is 41.1 Å². The Hall–Kier alpha value is -2.10. The Balaban J connectivity index is 2.55. The zero-order chi connectivity index (χ0) is 18.1. The van der Waals surface area contributed by atoms with Crippen LogP contribution in [0.5, 0.6) is 0 Å². The van der Waals surface area contributed by atoms with Crippen LogP contribution in [0.1, 0.15) is 12.5 Å². The minimum atomic E-state index is -4.50. The minimum absolute atomic E-state index is 0.0334. The molecule has 1 unspecified atom stereocenters. The van der Waals surface area contributed by atoms with Crippen molar-refractivity contribution in [2.45, 2.75) is 19.4 Å². The Bertz CT molecular complexity index is 661. The number of benzene rings is 1. The van der Waals surface area contributed by atoms with Gasteiger partial charge in [0.2, 0.25) is 0 Å². The van der Waals surface area contributed by atoms with Gasteiger partial charge in [-0.15, -0.1) is 0 Å². The molecule has 0 fully saturated rings. The molecule has 1 aromatic rings. The highest BCUT2D eigenvalue weighted by Gasteiger charge is 2.35. The zero-order valence-electron chi connectivity index (χ0n) is 13.2. The number of nitrogens with two attached hydrogens (primary N) is 1. The van der Waals surface area contributed by atoms with Crippen molar-refractivity contribution in [3.8, 4) is 0 Å². The van der Waals surface area contributed by atoms with Crippen LogP contribution in [0.3, 0.4) is 0 Å². The number of anilines is 1. The van der Waals surface area contributed by atoms with E-state index in [1.807, 2.05) is 0 Å². The van der Waals surface area contributed by atoms with Crippen LogP contribution in [0.2, 0.25) is 0 Å². The molecule has 0 amide bonds. The number of methoxy groups -OCH3 is 1. The summed E-state index contributed by atoms with van der Waals surface area (Å²) in [6, 6.07) is 4.60. The number of hydrogen-bond acceptors (Lipinski definition) is 6. The molecule has 0 aliphatic carbocycles. The first kappa shape index (κ1) is 18.2. The van der Waals surface area contributed by atoms with Gasteiger partial charge >= 0.3 is 12.1 Å². The smallest absolute Gasteiger partial charge is 0.416 e. The third-order valence-electron chi connectivity index (χ3n) is 3.86. The Morgan fingerprint density at radius 3 is 2.67 bits per heavy atom. The van der Waals surface area contributed by atoms with E-state index in [0.717, 1.165) is 12.1 Å². The third-order valence-corrected chi connectivity index (χ3v) is 3.86. The largest absolute Gasteiger partial charge is 0.466 e. The molecule has 0 saturated heterocycles. The van der Waals surface area contributed by atoms with Crippen molar-refractivity contribution in [2.24, 2.45) is 5.73 Å². The van der Waals surface area contributed by atoms with Gasteiger partial charge in [0.15, 0.2) is 0 Å². The number of ether oxygens (including phenoxy) is 1. The maximum Gasteiger partial charge on any atom is 0.416 e. The van der Waals surface area contributed by atoms with Crippen molar-refractivity contribution in [2.75, 3.05) is 25.3 Å². The van der Waals surface area contributed by atoms with E-state index >= 15 is 0 Å². The average Bonchev–Trinajstić information content (AvgIpc) is 2.54. The number of alkyl halides is 3. The van der Waals surface area contributed by atoms with Gasteiger partial charge in [-0.25, -0.2) is 9.69 Å². The Morgan fingerprint density at radius 1 is 1.46 bits per heavy atom. The van der Waals surface area contributed by atoms with Crippen molar-refractivity contribution < 1.29 is 27.8 Å². The molecule has 1 heterocycles. The molecule has 2 rings (SSSR count). The van der Waals surface area contributed by atoms with Crippen molar-refractivity contribution in [3.63, 3.8) is 0 Å². The minimum Gasteiger partial charge on any atom is -0.466 e. The number of carbonyl (C=O) groups is 1. The van der Waals surface area contributed by atoms with Gasteiger partial charge in [0.1, 0.15) is 6.29 Å². The molecule has 24 heavy (non-hydrogen) atoms. The number of nitrogens with zero attached hydrogens (tertiary/aromatic N) is 2. The molecule has 132 valence electrons. The number of halogens is 3. The van der Waals surface area contributed by atoms with Crippen LogP contribution < -0.4 is 10.6 Å². The summed E-state index contributed by atoms with van der Waals surface area (Å²) in [4.78, 5) is 14.6. The third kappa shape index (κ3) is 3.37. The van der Waals surface area contributed by atoms with E-state index in [1.54, 1.807) is 6.92 Å². The number of esters is 1. The topological polar surface area (TPSA) is 79.0 Å². The second-order valence-corrected chi connectivity index (χ2v) is 5.28. The lowest BCUT2D eigenvalue weighted by Gasteiger charge is -2.43. The highest BCUT2D eigenvalue weighted by Crippen LogP contribution is 2.34. The number of aliphatic hydroxyl groups excluding tert-OH is 1. The van der Waals surface area contributed by atoms with Gasteiger partial charge in [0.25, 0.3) is 0 Å². The summed E-state index contributed by atoms with van der Waals surface area (Å²) in [7, 11) is 1.20. The van der Waals surface area contributed by atoms with E-state index in [0.29, 0.717) is 5.70 Å². The maximum absolute atomic E-state index is 12.9. The lowest BCUT2D eigenvalue weighted by atomic mass is 10.1. The predicted octanol–water partition coefficient (Wildman–Crippen LogP) is 1.47. The van der Waals surface area contributed by atoms with Crippen LogP contribution >= 0.6 is 0 Å². The predicted molar refractivity (Wildman–Crippen MR) is 80.4 cm³/mol. The van der Waals surface area contributed by atoms with Crippen molar-refractivity contribution in [1.82, 2.24) is 4.90 Å². The van der Waals surface area contributed by atoms with E-state index < -0.39 is 30.7 Å². The Morgan fingerprint density at radius 2 is 2.12 bits per heavy atom.